The van der Waals surface area contributed by atoms with Crippen LogP contribution in [0.5, 0.6) is 11.5 Å². The van der Waals surface area contributed by atoms with Gasteiger partial charge in [0.1, 0.15) is 17.4 Å². The first-order valence-corrected chi connectivity index (χ1v) is 6.83. The zero-order chi connectivity index (χ0) is 17.6. The van der Waals surface area contributed by atoms with E-state index in [4.69, 9.17) is 16.3 Å². The van der Waals surface area contributed by atoms with Crippen LogP contribution < -0.4 is 14.8 Å². The van der Waals surface area contributed by atoms with Gasteiger partial charge in [0.2, 0.25) is 5.91 Å². The minimum Gasteiger partial charge on any atom is -0.496 e. The average Bonchev–Trinajstić information content (AvgIpc) is 2.57. The second-order valence-corrected chi connectivity index (χ2v) is 5.89. The summed E-state index contributed by atoms with van der Waals surface area (Å²) in [7, 11) is 1.19. The number of ketones is 1. The Morgan fingerprint density at radius 1 is 1.26 bits per heavy atom. The molecule has 1 unspecified atom stereocenters. The van der Waals surface area contributed by atoms with Crippen molar-refractivity contribution < 1.29 is 32.2 Å². The Kier molecular flexibility index (Phi) is 4.23. The van der Waals surface area contributed by atoms with E-state index in [1.165, 1.54) is 21.0 Å². The van der Waals surface area contributed by atoms with Crippen molar-refractivity contribution in [3.05, 3.63) is 22.7 Å². The molecule has 2 rings (SSSR count). The Balaban J connectivity index is 2.52. The summed E-state index contributed by atoms with van der Waals surface area (Å²) in [5.74, 6) is -3.04. The van der Waals surface area contributed by atoms with Crippen molar-refractivity contribution in [2.75, 3.05) is 7.11 Å². The van der Waals surface area contributed by atoms with Crippen molar-refractivity contribution >= 4 is 23.3 Å². The molecule has 0 saturated carbocycles. The number of Topliss-reactive ketones (excluding diaryl/α,β-unsaturated/α-hetero) is 1. The van der Waals surface area contributed by atoms with Gasteiger partial charge < -0.3 is 14.8 Å². The Morgan fingerprint density at radius 3 is 2.30 bits per heavy atom. The molecule has 1 aromatic rings. The van der Waals surface area contributed by atoms with E-state index >= 15 is 0 Å². The van der Waals surface area contributed by atoms with E-state index in [0.717, 1.165) is 12.1 Å². The van der Waals surface area contributed by atoms with Crippen LogP contribution in [0.1, 0.15) is 25.3 Å². The Hall–Kier alpha value is -1.96. The lowest BCUT2D eigenvalue weighted by atomic mass is 9.88. The van der Waals surface area contributed by atoms with Crippen LogP contribution in [-0.2, 0) is 9.59 Å². The van der Waals surface area contributed by atoms with Crippen LogP contribution >= 0.6 is 11.6 Å². The second-order valence-electron chi connectivity index (χ2n) is 5.48. The predicted octanol–water partition coefficient (Wildman–Crippen LogP) is 2.81. The van der Waals surface area contributed by atoms with Gasteiger partial charge in [-0.1, -0.05) is 11.6 Å². The fourth-order valence-electron chi connectivity index (χ4n) is 2.39. The molecule has 1 aliphatic heterocycles. The molecule has 0 aliphatic carbocycles. The molecule has 126 valence electrons. The highest BCUT2D eigenvalue weighted by molar-refractivity contribution is 6.33. The zero-order valence-corrected chi connectivity index (χ0v) is 13.1. The summed E-state index contributed by atoms with van der Waals surface area (Å²) >= 11 is 5.99. The molecule has 1 aromatic carbocycles. The summed E-state index contributed by atoms with van der Waals surface area (Å²) in [5, 5.41) is 2.28. The van der Waals surface area contributed by atoms with Gasteiger partial charge in [0.25, 0.3) is 0 Å². The molecule has 1 fully saturated rings. The molecule has 0 spiro atoms. The van der Waals surface area contributed by atoms with Gasteiger partial charge in [-0.05, 0) is 19.9 Å². The molecule has 0 radical (unpaired) electrons. The molecule has 0 aromatic heterocycles. The lowest BCUT2D eigenvalue weighted by Gasteiger charge is -2.18. The molecule has 1 N–H and O–H groups in total. The number of carbonyl (C=O) groups excluding carboxylic acids is 2. The molecule has 1 atom stereocenters. The van der Waals surface area contributed by atoms with E-state index in [1.807, 2.05) is 0 Å². The van der Waals surface area contributed by atoms with Crippen molar-refractivity contribution in [2.24, 2.45) is 0 Å². The lowest BCUT2D eigenvalue weighted by Crippen LogP contribution is -2.39. The number of rotatable bonds is 3. The third kappa shape index (κ3) is 3.36. The van der Waals surface area contributed by atoms with E-state index < -0.39 is 35.3 Å². The van der Waals surface area contributed by atoms with Crippen LogP contribution in [0.15, 0.2) is 12.1 Å². The molecule has 23 heavy (non-hydrogen) atoms. The first kappa shape index (κ1) is 17.4. The van der Waals surface area contributed by atoms with Gasteiger partial charge in [0.15, 0.2) is 5.78 Å². The number of halogens is 4. The smallest absolute Gasteiger partial charge is 0.496 e. The SMILES string of the molecule is COc1cc(OC(F)(F)F)cc(Cl)c1C1C(=O)NC(C)(C)C1=O. The number of ether oxygens (including phenoxy) is 2. The maximum absolute atomic E-state index is 12.4. The Labute approximate surface area is 134 Å². The van der Waals surface area contributed by atoms with Crippen LogP contribution in [0.25, 0.3) is 0 Å². The molecule has 0 bridgehead atoms. The van der Waals surface area contributed by atoms with Gasteiger partial charge in [-0.3, -0.25) is 9.59 Å². The number of hydrogen-bond acceptors (Lipinski definition) is 4. The molecule has 1 saturated heterocycles. The average molecular weight is 352 g/mol. The first-order valence-electron chi connectivity index (χ1n) is 6.46. The normalized spacial score (nSPS) is 20.4. The van der Waals surface area contributed by atoms with Crippen LogP contribution in [0.2, 0.25) is 5.02 Å². The van der Waals surface area contributed by atoms with Crippen molar-refractivity contribution in [1.29, 1.82) is 0 Å². The third-order valence-corrected chi connectivity index (χ3v) is 3.70. The first-order chi connectivity index (χ1) is 10.5. The molecular formula is C14H13ClF3NO4. The highest BCUT2D eigenvalue weighted by Gasteiger charge is 2.49. The maximum Gasteiger partial charge on any atom is 0.573 e. The van der Waals surface area contributed by atoms with E-state index in [0.29, 0.717) is 0 Å². The van der Waals surface area contributed by atoms with Gasteiger partial charge in [0.05, 0.1) is 17.7 Å². The van der Waals surface area contributed by atoms with E-state index in [-0.39, 0.29) is 16.3 Å². The summed E-state index contributed by atoms with van der Waals surface area (Å²) in [4.78, 5) is 24.4. The molecule has 1 heterocycles. The minimum absolute atomic E-state index is 0.0109. The van der Waals surface area contributed by atoms with E-state index in [1.54, 1.807) is 0 Å². The molecule has 1 aliphatic rings. The number of carbonyl (C=O) groups is 2. The summed E-state index contributed by atoms with van der Waals surface area (Å²) in [5.41, 5.74) is -1.09. The molecular weight excluding hydrogens is 339 g/mol. The van der Waals surface area contributed by atoms with Gasteiger partial charge in [0, 0.05) is 11.6 Å². The number of nitrogens with one attached hydrogen (secondary N) is 1. The van der Waals surface area contributed by atoms with Crippen LogP contribution in [0.4, 0.5) is 13.2 Å². The lowest BCUT2D eigenvalue weighted by molar-refractivity contribution is -0.274. The van der Waals surface area contributed by atoms with E-state index in [2.05, 4.69) is 10.1 Å². The number of alkyl halides is 3. The quantitative estimate of drug-likeness (QED) is 0.850. The summed E-state index contributed by atoms with van der Waals surface area (Å²) < 4.78 is 45.7. The fraction of sp³-hybridized carbons (Fsp3) is 0.429. The summed E-state index contributed by atoms with van der Waals surface area (Å²) in [6, 6.07) is 1.82. The second kappa shape index (κ2) is 5.59. The molecule has 9 heteroatoms. The van der Waals surface area contributed by atoms with Gasteiger partial charge in [-0.2, -0.15) is 0 Å². The van der Waals surface area contributed by atoms with E-state index in [9.17, 15) is 22.8 Å². The number of hydrogen-bond donors (Lipinski definition) is 1. The number of methoxy groups -OCH3 is 1. The van der Waals surface area contributed by atoms with Gasteiger partial charge >= 0.3 is 6.36 Å². The van der Waals surface area contributed by atoms with Crippen LogP contribution in [0, 0.1) is 0 Å². The van der Waals surface area contributed by atoms with Crippen molar-refractivity contribution in [3.8, 4) is 11.5 Å². The monoisotopic (exact) mass is 351 g/mol. The predicted molar refractivity (Wildman–Crippen MR) is 74.7 cm³/mol. The highest BCUT2D eigenvalue weighted by Crippen LogP contribution is 2.42. The largest absolute Gasteiger partial charge is 0.573 e. The zero-order valence-electron chi connectivity index (χ0n) is 12.4. The Morgan fingerprint density at radius 2 is 1.87 bits per heavy atom. The van der Waals surface area contributed by atoms with Gasteiger partial charge in [-0.15, -0.1) is 13.2 Å². The third-order valence-electron chi connectivity index (χ3n) is 3.38. The summed E-state index contributed by atoms with van der Waals surface area (Å²) in [6.45, 7) is 3.05. The topological polar surface area (TPSA) is 64.6 Å². The number of amides is 1. The summed E-state index contributed by atoms with van der Waals surface area (Å²) in [6.07, 6.45) is -4.90. The highest BCUT2D eigenvalue weighted by atomic mass is 35.5. The van der Waals surface area contributed by atoms with Crippen molar-refractivity contribution in [1.82, 2.24) is 5.32 Å². The van der Waals surface area contributed by atoms with Crippen LogP contribution in [-0.4, -0.2) is 30.7 Å². The van der Waals surface area contributed by atoms with Gasteiger partial charge in [-0.25, -0.2) is 0 Å². The fourth-order valence-corrected chi connectivity index (χ4v) is 2.70. The van der Waals surface area contributed by atoms with Crippen molar-refractivity contribution in [3.63, 3.8) is 0 Å². The maximum atomic E-state index is 12.4. The molecule has 5 nitrogen and oxygen atoms in total. The Bertz CT molecular complexity index is 673. The van der Waals surface area contributed by atoms with Crippen molar-refractivity contribution in [2.45, 2.75) is 31.7 Å². The van der Waals surface area contributed by atoms with Crippen LogP contribution in [0.3, 0.4) is 0 Å². The molecule has 1 amide bonds. The minimum atomic E-state index is -4.90. The standard InChI is InChI=1S/C14H13ClF3NO4/c1-13(2)11(20)10(12(21)19-13)9-7(15)4-6(5-8(9)22-3)23-14(16,17)18/h4-5,10H,1-3H3,(H,19,21). The number of benzene rings is 1.